The van der Waals surface area contributed by atoms with Gasteiger partial charge >= 0.3 is 0 Å². The standard InChI is InChI=1S/C15H21N3O/c1-12-3-2-4-13(9-12)15(19)18-7-5-17(6-8-18)14-10-16-11-14/h2-4,9,14,16H,5-8,10-11H2,1H3. The third-order valence-electron chi connectivity index (χ3n) is 4.14. The second-order valence-electron chi connectivity index (χ2n) is 5.51. The fourth-order valence-corrected chi connectivity index (χ4v) is 2.78. The molecule has 19 heavy (non-hydrogen) atoms. The van der Waals surface area contributed by atoms with Crippen molar-refractivity contribution in [3.05, 3.63) is 35.4 Å². The van der Waals surface area contributed by atoms with Gasteiger partial charge < -0.3 is 10.2 Å². The van der Waals surface area contributed by atoms with E-state index in [9.17, 15) is 4.79 Å². The molecule has 1 aromatic rings. The summed E-state index contributed by atoms with van der Waals surface area (Å²) >= 11 is 0. The van der Waals surface area contributed by atoms with Gasteiger partial charge in [-0.2, -0.15) is 0 Å². The van der Waals surface area contributed by atoms with Crippen LogP contribution in [0.25, 0.3) is 0 Å². The number of nitrogens with one attached hydrogen (secondary N) is 1. The number of carbonyl (C=O) groups excluding carboxylic acids is 1. The van der Waals surface area contributed by atoms with Gasteiger partial charge in [0.05, 0.1) is 0 Å². The maximum atomic E-state index is 12.4. The minimum atomic E-state index is 0.176. The third-order valence-corrected chi connectivity index (χ3v) is 4.14. The summed E-state index contributed by atoms with van der Waals surface area (Å²) in [4.78, 5) is 16.9. The van der Waals surface area contributed by atoms with Crippen molar-refractivity contribution in [1.29, 1.82) is 0 Å². The molecule has 2 aliphatic rings. The van der Waals surface area contributed by atoms with E-state index < -0.39 is 0 Å². The van der Waals surface area contributed by atoms with Crippen LogP contribution in [0.4, 0.5) is 0 Å². The van der Waals surface area contributed by atoms with Crippen LogP contribution in [0.3, 0.4) is 0 Å². The van der Waals surface area contributed by atoms with Crippen LogP contribution >= 0.6 is 0 Å². The molecule has 0 unspecified atom stereocenters. The van der Waals surface area contributed by atoms with Crippen LogP contribution in [0.15, 0.2) is 24.3 Å². The fourth-order valence-electron chi connectivity index (χ4n) is 2.78. The molecule has 0 saturated carbocycles. The number of nitrogens with zero attached hydrogens (tertiary/aromatic N) is 2. The van der Waals surface area contributed by atoms with Gasteiger partial charge in [-0.1, -0.05) is 17.7 Å². The molecule has 2 fully saturated rings. The summed E-state index contributed by atoms with van der Waals surface area (Å²) < 4.78 is 0. The lowest BCUT2D eigenvalue weighted by molar-refractivity contribution is 0.0502. The second kappa shape index (κ2) is 5.31. The van der Waals surface area contributed by atoms with Gasteiger partial charge in [0.2, 0.25) is 0 Å². The highest BCUT2D eigenvalue weighted by Crippen LogP contribution is 2.13. The molecule has 0 aliphatic carbocycles. The van der Waals surface area contributed by atoms with Gasteiger partial charge in [-0.3, -0.25) is 9.69 Å². The number of aryl methyl sites for hydroxylation is 1. The molecule has 4 nitrogen and oxygen atoms in total. The van der Waals surface area contributed by atoms with Gasteiger partial charge in [-0.05, 0) is 19.1 Å². The highest BCUT2D eigenvalue weighted by Gasteiger charge is 2.29. The molecule has 0 bridgehead atoms. The van der Waals surface area contributed by atoms with Gasteiger partial charge in [-0.25, -0.2) is 0 Å². The predicted octanol–water partition coefficient (Wildman–Crippen LogP) is 0.725. The van der Waals surface area contributed by atoms with E-state index in [2.05, 4.69) is 10.2 Å². The molecule has 0 spiro atoms. The van der Waals surface area contributed by atoms with Crippen LogP contribution in [0.5, 0.6) is 0 Å². The van der Waals surface area contributed by atoms with Crippen LogP contribution in [0.1, 0.15) is 15.9 Å². The predicted molar refractivity (Wildman–Crippen MR) is 75.3 cm³/mol. The maximum Gasteiger partial charge on any atom is 0.253 e. The molecule has 2 saturated heterocycles. The van der Waals surface area contributed by atoms with Crippen molar-refractivity contribution in [2.45, 2.75) is 13.0 Å². The summed E-state index contributed by atoms with van der Waals surface area (Å²) in [5, 5.41) is 3.30. The molecule has 2 aliphatic heterocycles. The first kappa shape index (κ1) is 12.6. The molecule has 1 N–H and O–H groups in total. The number of carbonyl (C=O) groups is 1. The normalized spacial score (nSPS) is 21.2. The van der Waals surface area contributed by atoms with Gasteiger partial charge in [0.1, 0.15) is 0 Å². The van der Waals surface area contributed by atoms with E-state index in [1.807, 2.05) is 36.1 Å². The summed E-state index contributed by atoms with van der Waals surface area (Å²) in [6.45, 7) is 7.94. The number of hydrogen-bond acceptors (Lipinski definition) is 3. The lowest BCUT2D eigenvalue weighted by Gasteiger charge is -2.43. The second-order valence-corrected chi connectivity index (χ2v) is 5.51. The quantitative estimate of drug-likeness (QED) is 0.850. The molecule has 1 amide bonds. The molecule has 0 aromatic heterocycles. The SMILES string of the molecule is Cc1cccc(C(=O)N2CCN(C3CNC3)CC2)c1. The average molecular weight is 259 g/mol. The number of piperazine rings is 1. The number of amides is 1. The molecule has 0 atom stereocenters. The fraction of sp³-hybridized carbons (Fsp3) is 0.533. The Bertz CT molecular complexity index is 462. The number of hydrogen-bond donors (Lipinski definition) is 1. The Kier molecular flexibility index (Phi) is 3.53. The lowest BCUT2D eigenvalue weighted by atomic mass is 10.1. The summed E-state index contributed by atoms with van der Waals surface area (Å²) in [6, 6.07) is 8.57. The van der Waals surface area contributed by atoms with Crippen molar-refractivity contribution >= 4 is 5.91 Å². The van der Waals surface area contributed by atoms with Gasteiger partial charge in [0, 0.05) is 50.9 Å². The Morgan fingerprint density at radius 2 is 1.95 bits per heavy atom. The summed E-state index contributed by atoms with van der Waals surface area (Å²) in [5.41, 5.74) is 1.96. The molecule has 3 rings (SSSR count). The van der Waals surface area contributed by atoms with Crippen molar-refractivity contribution in [1.82, 2.24) is 15.1 Å². The highest BCUT2D eigenvalue weighted by molar-refractivity contribution is 5.94. The topological polar surface area (TPSA) is 35.6 Å². The molecular weight excluding hydrogens is 238 g/mol. The minimum Gasteiger partial charge on any atom is -0.336 e. The van der Waals surface area contributed by atoms with E-state index in [1.165, 1.54) is 0 Å². The lowest BCUT2D eigenvalue weighted by Crippen LogP contribution is -2.62. The molecule has 1 aromatic carbocycles. The number of rotatable bonds is 2. The van der Waals surface area contributed by atoms with E-state index in [0.717, 1.165) is 50.4 Å². The molecule has 2 heterocycles. The van der Waals surface area contributed by atoms with Crippen LogP contribution in [0, 0.1) is 6.92 Å². The van der Waals surface area contributed by atoms with E-state index in [1.54, 1.807) is 0 Å². The summed E-state index contributed by atoms with van der Waals surface area (Å²) in [6.07, 6.45) is 0. The Labute approximate surface area is 114 Å². The zero-order valence-corrected chi connectivity index (χ0v) is 11.4. The highest BCUT2D eigenvalue weighted by atomic mass is 16.2. The minimum absolute atomic E-state index is 0.176. The van der Waals surface area contributed by atoms with E-state index >= 15 is 0 Å². The first-order valence-corrected chi connectivity index (χ1v) is 7.05. The van der Waals surface area contributed by atoms with Crippen molar-refractivity contribution < 1.29 is 4.79 Å². The zero-order valence-electron chi connectivity index (χ0n) is 11.4. The first-order chi connectivity index (χ1) is 9.24. The molecular formula is C15H21N3O. The van der Waals surface area contributed by atoms with Crippen molar-refractivity contribution in [3.8, 4) is 0 Å². The zero-order chi connectivity index (χ0) is 13.2. The van der Waals surface area contributed by atoms with Crippen molar-refractivity contribution in [2.24, 2.45) is 0 Å². The summed E-state index contributed by atoms with van der Waals surface area (Å²) in [7, 11) is 0. The van der Waals surface area contributed by atoms with Crippen molar-refractivity contribution in [2.75, 3.05) is 39.3 Å². The smallest absolute Gasteiger partial charge is 0.253 e. The van der Waals surface area contributed by atoms with Crippen LogP contribution in [-0.2, 0) is 0 Å². The van der Waals surface area contributed by atoms with Crippen LogP contribution in [-0.4, -0.2) is 61.0 Å². The molecule has 0 radical (unpaired) electrons. The van der Waals surface area contributed by atoms with Gasteiger partial charge in [0.15, 0.2) is 0 Å². The van der Waals surface area contributed by atoms with Gasteiger partial charge in [0.25, 0.3) is 5.91 Å². The van der Waals surface area contributed by atoms with Crippen molar-refractivity contribution in [3.63, 3.8) is 0 Å². The van der Waals surface area contributed by atoms with Crippen LogP contribution < -0.4 is 5.32 Å². The van der Waals surface area contributed by atoms with Crippen LogP contribution in [0.2, 0.25) is 0 Å². The Morgan fingerprint density at radius 1 is 1.21 bits per heavy atom. The maximum absolute atomic E-state index is 12.4. The monoisotopic (exact) mass is 259 g/mol. The third kappa shape index (κ3) is 2.65. The first-order valence-electron chi connectivity index (χ1n) is 7.05. The Morgan fingerprint density at radius 3 is 2.53 bits per heavy atom. The largest absolute Gasteiger partial charge is 0.336 e. The number of benzene rings is 1. The van der Waals surface area contributed by atoms with Gasteiger partial charge in [-0.15, -0.1) is 0 Å². The van der Waals surface area contributed by atoms with E-state index in [0.29, 0.717) is 6.04 Å². The summed E-state index contributed by atoms with van der Waals surface area (Å²) in [5.74, 6) is 0.176. The molecule has 102 valence electrons. The molecule has 4 heteroatoms. The average Bonchev–Trinajstić information content (AvgIpc) is 2.37. The Hall–Kier alpha value is -1.39. The van der Waals surface area contributed by atoms with E-state index in [-0.39, 0.29) is 5.91 Å². The van der Waals surface area contributed by atoms with E-state index in [4.69, 9.17) is 0 Å². The Balaban J connectivity index is 1.60.